The fraction of sp³-hybridized carbons (Fsp3) is 0.650. The van der Waals surface area contributed by atoms with Gasteiger partial charge in [-0.25, -0.2) is 4.79 Å². The maximum Gasteiger partial charge on any atom is 0.407 e. The number of amides is 1. The number of alkyl carbamates (subject to hydrolysis) is 1. The number of hydrogen-bond donors (Lipinski definition) is 2. The molecule has 1 fully saturated rings. The highest BCUT2D eigenvalue weighted by Crippen LogP contribution is 2.20. The van der Waals surface area contributed by atoms with Gasteiger partial charge in [-0.1, -0.05) is 30.3 Å². The second kappa shape index (κ2) is 9.07. The normalized spacial score (nSPS) is 19.5. The summed E-state index contributed by atoms with van der Waals surface area (Å²) in [7, 11) is 0. The van der Waals surface area contributed by atoms with E-state index >= 15 is 0 Å². The SMILES string of the molecule is CC(C)(C)OC(=O)NC(CCCc1ccccc1)C1CCCNC1. The molecule has 1 aromatic carbocycles. The number of benzene rings is 1. The lowest BCUT2D eigenvalue weighted by molar-refractivity contribution is 0.0475. The van der Waals surface area contributed by atoms with Crippen LogP contribution in [0.2, 0.25) is 0 Å². The molecule has 1 aromatic rings. The van der Waals surface area contributed by atoms with Crippen LogP contribution in [0, 0.1) is 5.92 Å². The lowest BCUT2D eigenvalue weighted by Gasteiger charge is -2.32. The van der Waals surface area contributed by atoms with E-state index in [-0.39, 0.29) is 12.1 Å². The van der Waals surface area contributed by atoms with Crippen molar-refractivity contribution in [3.63, 3.8) is 0 Å². The van der Waals surface area contributed by atoms with Gasteiger partial charge in [-0.15, -0.1) is 0 Å². The van der Waals surface area contributed by atoms with Crippen molar-refractivity contribution in [1.82, 2.24) is 10.6 Å². The Hall–Kier alpha value is -1.55. The van der Waals surface area contributed by atoms with Crippen molar-refractivity contribution in [2.45, 2.75) is 64.5 Å². The second-order valence-corrected chi connectivity index (χ2v) is 7.74. The average Bonchev–Trinajstić information content (AvgIpc) is 2.54. The summed E-state index contributed by atoms with van der Waals surface area (Å²) in [5.74, 6) is 0.488. The third-order valence-corrected chi connectivity index (χ3v) is 4.43. The monoisotopic (exact) mass is 332 g/mol. The van der Waals surface area contributed by atoms with E-state index in [0.717, 1.165) is 32.4 Å². The molecule has 4 heteroatoms. The molecule has 2 unspecified atom stereocenters. The Morgan fingerprint density at radius 3 is 2.71 bits per heavy atom. The maximum absolute atomic E-state index is 12.2. The molecule has 2 N–H and O–H groups in total. The molecule has 24 heavy (non-hydrogen) atoms. The number of aryl methyl sites for hydroxylation is 1. The first-order chi connectivity index (χ1) is 11.4. The molecule has 0 aromatic heterocycles. The number of rotatable bonds is 6. The summed E-state index contributed by atoms with van der Waals surface area (Å²) in [4.78, 5) is 12.2. The van der Waals surface area contributed by atoms with Crippen LogP contribution in [0.4, 0.5) is 4.79 Å². The van der Waals surface area contributed by atoms with Crippen molar-refractivity contribution < 1.29 is 9.53 Å². The van der Waals surface area contributed by atoms with Gasteiger partial charge in [-0.3, -0.25) is 0 Å². The molecular formula is C20H32N2O2. The Morgan fingerprint density at radius 2 is 2.08 bits per heavy atom. The van der Waals surface area contributed by atoms with Crippen LogP contribution < -0.4 is 10.6 Å². The van der Waals surface area contributed by atoms with Gasteiger partial charge in [0.1, 0.15) is 5.60 Å². The Labute approximate surface area is 146 Å². The molecule has 2 rings (SSSR count). The van der Waals surface area contributed by atoms with Crippen LogP contribution in [0.5, 0.6) is 0 Å². The number of nitrogens with one attached hydrogen (secondary N) is 2. The molecule has 134 valence electrons. The van der Waals surface area contributed by atoms with Crippen LogP contribution in [0.15, 0.2) is 30.3 Å². The van der Waals surface area contributed by atoms with Crippen molar-refractivity contribution in [3.05, 3.63) is 35.9 Å². The molecule has 0 aliphatic carbocycles. The smallest absolute Gasteiger partial charge is 0.407 e. The summed E-state index contributed by atoms with van der Waals surface area (Å²) < 4.78 is 5.45. The summed E-state index contributed by atoms with van der Waals surface area (Å²) >= 11 is 0. The van der Waals surface area contributed by atoms with Crippen LogP contribution in [0.25, 0.3) is 0 Å². The van der Waals surface area contributed by atoms with E-state index in [1.165, 1.54) is 18.4 Å². The third-order valence-electron chi connectivity index (χ3n) is 4.43. The van der Waals surface area contributed by atoms with Crippen molar-refractivity contribution in [2.75, 3.05) is 13.1 Å². The van der Waals surface area contributed by atoms with Gasteiger partial charge in [0.2, 0.25) is 0 Å². The summed E-state index contributed by atoms with van der Waals surface area (Å²) in [5, 5.41) is 6.58. The lowest BCUT2D eigenvalue weighted by atomic mass is 9.88. The molecule has 1 heterocycles. The van der Waals surface area contributed by atoms with E-state index in [0.29, 0.717) is 5.92 Å². The Bertz CT molecular complexity index is 490. The van der Waals surface area contributed by atoms with Gasteiger partial charge < -0.3 is 15.4 Å². The van der Waals surface area contributed by atoms with Gasteiger partial charge in [0, 0.05) is 6.04 Å². The van der Waals surface area contributed by atoms with Crippen LogP contribution >= 0.6 is 0 Å². The standard InChI is InChI=1S/C20H32N2O2/c1-20(2,3)24-19(23)22-18(17-12-8-14-21-15-17)13-7-11-16-9-5-4-6-10-16/h4-6,9-10,17-18,21H,7-8,11-15H2,1-3H3,(H,22,23). The zero-order valence-electron chi connectivity index (χ0n) is 15.3. The molecular weight excluding hydrogens is 300 g/mol. The minimum Gasteiger partial charge on any atom is -0.444 e. The van der Waals surface area contributed by atoms with Gasteiger partial charge in [0.05, 0.1) is 0 Å². The summed E-state index contributed by atoms with van der Waals surface area (Å²) in [6.45, 7) is 7.77. The molecule has 1 aliphatic rings. The summed E-state index contributed by atoms with van der Waals surface area (Å²) in [5.41, 5.74) is 0.902. The molecule has 0 radical (unpaired) electrons. The van der Waals surface area contributed by atoms with E-state index in [2.05, 4.69) is 34.9 Å². The number of hydrogen-bond acceptors (Lipinski definition) is 3. The highest BCUT2D eigenvalue weighted by molar-refractivity contribution is 5.68. The highest BCUT2D eigenvalue weighted by atomic mass is 16.6. The second-order valence-electron chi connectivity index (χ2n) is 7.74. The van der Waals surface area contributed by atoms with E-state index in [1.54, 1.807) is 0 Å². The zero-order valence-corrected chi connectivity index (χ0v) is 15.3. The molecule has 1 amide bonds. The predicted molar refractivity (Wildman–Crippen MR) is 98.1 cm³/mol. The van der Waals surface area contributed by atoms with E-state index < -0.39 is 5.60 Å². The Balaban J connectivity index is 1.88. The first-order valence-corrected chi connectivity index (χ1v) is 9.18. The van der Waals surface area contributed by atoms with Gasteiger partial charge in [0.25, 0.3) is 0 Å². The molecule has 0 saturated carbocycles. The molecule has 0 spiro atoms. The average molecular weight is 332 g/mol. The van der Waals surface area contributed by atoms with Crippen molar-refractivity contribution in [2.24, 2.45) is 5.92 Å². The van der Waals surface area contributed by atoms with Crippen molar-refractivity contribution >= 4 is 6.09 Å². The van der Waals surface area contributed by atoms with Crippen molar-refractivity contribution in [3.8, 4) is 0 Å². The lowest BCUT2D eigenvalue weighted by Crippen LogP contribution is -2.47. The number of carbonyl (C=O) groups excluding carboxylic acids is 1. The van der Waals surface area contributed by atoms with Gasteiger partial charge >= 0.3 is 6.09 Å². The summed E-state index contributed by atoms with van der Waals surface area (Å²) in [6.07, 6.45) is 5.15. The van der Waals surface area contributed by atoms with E-state index in [9.17, 15) is 4.79 Å². The fourth-order valence-electron chi connectivity index (χ4n) is 3.28. The van der Waals surface area contributed by atoms with Crippen LogP contribution in [-0.2, 0) is 11.2 Å². The topological polar surface area (TPSA) is 50.4 Å². The first kappa shape index (κ1) is 18.8. The first-order valence-electron chi connectivity index (χ1n) is 9.18. The Morgan fingerprint density at radius 1 is 1.33 bits per heavy atom. The van der Waals surface area contributed by atoms with Gasteiger partial charge in [-0.2, -0.15) is 0 Å². The molecule has 1 saturated heterocycles. The predicted octanol–water partition coefficient (Wildman–Crippen LogP) is 3.90. The minimum absolute atomic E-state index is 0.177. The quantitative estimate of drug-likeness (QED) is 0.830. The minimum atomic E-state index is -0.455. The summed E-state index contributed by atoms with van der Waals surface area (Å²) in [6, 6.07) is 10.7. The van der Waals surface area contributed by atoms with Crippen LogP contribution in [-0.4, -0.2) is 30.8 Å². The van der Waals surface area contributed by atoms with Gasteiger partial charge in [-0.05, 0) is 77.4 Å². The third kappa shape index (κ3) is 6.91. The zero-order chi connectivity index (χ0) is 17.4. The van der Waals surface area contributed by atoms with Crippen LogP contribution in [0.1, 0.15) is 52.0 Å². The van der Waals surface area contributed by atoms with E-state index in [4.69, 9.17) is 4.74 Å². The molecule has 1 aliphatic heterocycles. The number of carbonyl (C=O) groups is 1. The molecule has 0 bridgehead atoms. The maximum atomic E-state index is 12.2. The van der Waals surface area contributed by atoms with E-state index in [1.807, 2.05) is 26.8 Å². The molecule has 4 nitrogen and oxygen atoms in total. The van der Waals surface area contributed by atoms with Crippen LogP contribution in [0.3, 0.4) is 0 Å². The largest absolute Gasteiger partial charge is 0.444 e. The Kier molecular flexibility index (Phi) is 7.10. The van der Waals surface area contributed by atoms with Crippen molar-refractivity contribution in [1.29, 1.82) is 0 Å². The number of piperidine rings is 1. The highest BCUT2D eigenvalue weighted by Gasteiger charge is 2.26. The number of ether oxygens (including phenoxy) is 1. The molecule has 2 atom stereocenters. The van der Waals surface area contributed by atoms with Gasteiger partial charge in [0.15, 0.2) is 0 Å². The fourth-order valence-corrected chi connectivity index (χ4v) is 3.28.